The second-order valence-corrected chi connectivity index (χ2v) is 6.89. The Morgan fingerprint density at radius 1 is 1.16 bits per heavy atom. The molecule has 0 radical (unpaired) electrons. The maximum absolute atomic E-state index is 12.3. The minimum Gasteiger partial charge on any atom is -0.207 e. The van der Waals surface area contributed by atoms with Crippen LogP contribution in [0.15, 0.2) is 21.5 Å². The zero-order valence-electron chi connectivity index (χ0n) is 9.27. The van der Waals surface area contributed by atoms with Gasteiger partial charge in [0.05, 0.1) is 22.2 Å². The summed E-state index contributed by atoms with van der Waals surface area (Å²) in [7, 11) is -4.10. The molecule has 1 rings (SSSR count). The normalized spacial score (nSPS) is 11.1. The van der Waals surface area contributed by atoms with Gasteiger partial charge in [0, 0.05) is 4.47 Å². The Hall–Kier alpha value is -0.830. The highest BCUT2D eigenvalue weighted by Crippen LogP contribution is 2.34. The highest BCUT2D eigenvalue weighted by Gasteiger charge is 2.29. The van der Waals surface area contributed by atoms with Crippen LogP contribution in [0, 0.1) is 22.7 Å². The van der Waals surface area contributed by atoms with Gasteiger partial charge in [-0.15, -0.1) is 0 Å². The standard InChI is InChI=1S/C10H6BrCl2N3O2S/c11-7-5-8(12)10(9(13)6-7)19(17,18)16(3-1-14)4-2-15/h5-6H,3-4H2. The van der Waals surface area contributed by atoms with Gasteiger partial charge in [0.25, 0.3) is 0 Å². The Kier molecular flexibility index (Phi) is 5.60. The summed E-state index contributed by atoms with van der Waals surface area (Å²) in [6.07, 6.45) is 0. The van der Waals surface area contributed by atoms with Crippen LogP contribution in [0.25, 0.3) is 0 Å². The number of nitrogens with zero attached hydrogens (tertiary/aromatic N) is 3. The van der Waals surface area contributed by atoms with Crippen LogP contribution < -0.4 is 0 Å². The summed E-state index contributed by atoms with van der Waals surface area (Å²) < 4.78 is 25.8. The Morgan fingerprint density at radius 3 is 1.95 bits per heavy atom. The fraction of sp³-hybridized carbons (Fsp3) is 0.200. The minimum atomic E-state index is -4.10. The van der Waals surface area contributed by atoms with E-state index in [-0.39, 0.29) is 14.9 Å². The summed E-state index contributed by atoms with van der Waals surface area (Å²) in [4.78, 5) is -0.315. The van der Waals surface area contributed by atoms with Crippen molar-refractivity contribution < 1.29 is 8.42 Å². The van der Waals surface area contributed by atoms with E-state index >= 15 is 0 Å². The van der Waals surface area contributed by atoms with Crippen LogP contribution in [0.2, 0.25) is 10.0 Å². The van der Waals surface area contributed by atoms with Gasteiger partial charge in [-0.05, 0) is 12.1 Å². The van der Waals surface area contributed by atoms with Gasteiger partial charge in [0.2, 0.25) is 10.0 Å². The molecule has 5 nitrogen and oxygen atoms in total. The molecule has 0 bridgehead atoms. The molecule has 19 heavy (non-hydrogen) atoms. The average Bonchev–Trinajstić information content (AvgIpc) is 2.26. The van der Waals surface area contributed by atoms with Crippen LogP contribution >= 0.6 is 39.1 Å². The molecule has 0 aromatic heterocycles. The van der Waals surface area contributed by atoms with E-state index in [1.807, 2.05) is 0 Å². The lowest BCUT2D eigenvalue weighted by molar-refractivity contribution is 0.479. The van der Waals surface area contributed by atoms with E-state index in [0.29, 0.717) is 8.78 Å². The summed E-state index contributed by atoms with van der Waals surface area (Å²) in [6.45, 7) is -0.919. The predicted octanol–water partition coefficient (Wildman–Crippen LogP) is 2.79. The van der Waals surface area contributed by atoms with Gasteiger partial charge in [0.1, 0.15) is 18.0 Å². The molecule has 0 spiro atoms. The first-order valence-corrected chi connectivity index (χ1v) is 7.72. The number of hydrogen-bond acceptors (Lipinski definition) is 4. The van der Waals surface area contributed by atoms with E-state index < -0.39 is 23.1 Å². The van der Waals surface area contributed by atoms with Gasteiger partial charge >= 0.3 is 0 Å². The van der Waals surface area contributed by atoms with Crippen molar-refractivity contribution in [3.05, 3.63) is 26.7 Å². The van der Waals surface area contributed by atoms with E-state index in [0.717, 1.165) is 0 Å². The fourth-order valence-electron chi connectivity index (χ4n) is 1.29. The van der Waals surface area contributed by atoms with Crippen molar-refractivity contribution in [2.75, 3.05) is 13.1 Å². The molecular weight excluding hydrogens is 377 g/mol. The lowest BCUT2D eigenvalue weighted by Crippen LogP contribution is -2.32. The van der Waals surface area contributed by atoms with Crippen molar-refractivity contribution in [2.24, 2.45) is 0 Å². The van der Waals surface area contributed by atoms with Gasteiger partial charge < -0.3 is 0 Å². The maximum atomic E-state index is 12.3. The molecule has 100 valence electrons. The van der Waals surface area contributed by atoms with Crippen LogP contribution in [0.1, 0.15) is 0 Å². The molecular formula is C10H6BrCl2N3O2S. The van der Waals surface area contributed by atoms with Crippen LogP contribution in [-0.2, 0) is 10.0 Å². The molecule has 0 aliphatic rings. The molecule has 0 heterocycles. The summed E-state index contributed by atoms with van der Waals surface area (Å²) in [5.41, 5.74) is 0. The highest BCUT2D eigenvalue weighted by molar-refractivity contribution is 9.10. The second kappa shape index (κ2) is 6.56. The van der Waals surface area contributed by atoms with Crippen molar-refractivity contribution in [1.29, 1.82) is 10.5 Å². The van der Waals surface area contributed by atoms with Crippen molar-refractivity contribution >= 4 is 49.2 Å². The molecule has 9 heteroatoms. The Labute approximate surface area is 129 Å². The van der Waals surface area contributed by atoms with Crippen LogP contribution in [0.3, 0.4) is 0 Å². The third-order valence-electron chi connectivity index (χ3n) is 2.06. The van der Waals surface area contributed by atoms with Crippen LogP contribution in [-0.4, -0.2) is 25.8 Å². The number of sulfonamides is 1. The van der Waals surface area contributed by atoms with Crippen molar-refractivity contribution in [2.45, 2.75) is 4.90 Å². The van der Waals surface area contributed by atoms with E-state index in [9.17, 15) is 8.42 Å². The lowest BCUT2D eigenvalue weighted by atomic mass is 10.4. The topological polar surface area (TPSA) is 85.0 Å². The third-order valence-corrected chi connectivity index (χ3v) is 5.23. The molecule has 1 aromatic rings. The van der Waals surface area contributed by atoms with E-state index in [2.05, 4.69) is 15.9 Å². The molecule has 0 aliphatic heterocycles. The molecule has 0 saturated heterocycles. The van der Waals surface area contributed by atoms with Crippen LogP contribution in [0.5, 0.6) is 0 Å². The third kappa shape index (κ3) is 3.59. The number of rotatable bonds is 4. The van der Waals surface area contributed by atoms with Crippen LogP contribution in [0.4, 0.5) is 0 Å². The molecule has 0 atom stereocenters. The molecule has 0 saturated carbocycles. The zero-order chi connectivity index (χ0) is 14.6. The van der Waals surface area contributed by atoms with Gasteiger partial charge in [-0.2, -0.15) is 14.8 Å². The SMILES string of the molecule is N#CCN(CC#N)S(=O)(=O)c1c(Cl)cc(Br)cc1Cl. The molecule has 0 N–H and O–H groups in total. The smallest absolute Gasteiger partial charge is 0.207 e. The van der Waals surface area contributed by atoms with Gasteiger partial charge in [-0.1, -0.05) is 39.1 Å². The van der Waals surface area contributed by atoms with Gasteiger partial charge in [-0.25, -0.2) is 8.42 Å². The molecule has 1 aromatic carbocycles. The molecule has 0 amide bonds. The van der Waals surface area contributed by atoms with E-state index in [1.54, 1.807) is 12.1 Å². The summed E-state index contributed by atoms with van der Waals surface area (Å²) in [6, 6.07) is 6.10. The van der Waals surface area contributed by atoms with Crippen molar-refractivity contribution in [3.8, 4) is 12.1 Å². The van der Waals surface area contributed by atoms with Gasteiger partial charge in [0.15, 0.2) is 0 Å². The zero-order valence-corrected chi connectivity index (χ0v) is 13.2. The van der Waals surface area contributed by atoms with E-state index in [4.69, 9.17) is 33.7 Å². The lowest BCUT2D eigenvalue weighted by Gasteiger charge is -2.17. The summed E-state index contributed by atoms with van der Waals surface area (Å²) >= 11 is 14.9. The Bertz CT molecular complexity index is 640. The Balaban J connectivity index is 3.43. The first-order valence-electron chi connectivity index (χ1n) is 4.73. The fourth-order valence-corrected chi connectivity index (χ4v) is 4.41. The first kappa shape index (κ1) is 16.2. The molecule has 0 fully saturated rings. The summed E-state index contributed by atoms with van der Waals surface area (Å²) in [5.74, 6) is 0. The molecule has 0 unspecified atom stereocenters. The number of nitriles is 2. The quantitative estimate of drug-likeness (QED) is 0.749. The largest absolute Gasteiger partial charge is 0.247 e. The maximum Gasteiger partial charge on any atom is 0.247 e. The minimum absolute atomic E-state index is 0.0831. The monoisotopic (exact) mass is 381 g/mol. The van der Waals surface area contributed by atoms with E-state index in [1.165, 1.54) is 12.1 Å². The van der Waals surface area contributed by atoms with Crippen molar-refractivity contribution in [1.82, 2.24) is 4.31 Å². The summed E-state index contributed by atoms with van der Waals surface area (Å²) in [5, 5.41) is 17.1. The molecule has 0 aliphatic carbocycles. The number of hydrogen-bond donors (Lipinski definition) is 0. The second-order valence-electron chi connectivity index (χ2n) is 3.29. The Morgan fingerprint density at radius 2 is 1.58 bits per heavy atom. The highest BCUT2D eigenvalue weighted by atomic mass is 79.9. The van der Waals surface area contributed by atoms with Gasteiger partial charge in [-0.3, -0.25) is 0 Å². The van der Waals surface area contributed by atoms with Crippen molar-refractivity contribution in [3.63, 3.8) is 0 Å². The predicted molar refractivity (Wildman–Crippen MR) is 74.1 cm³/mol. The number of benzene rings is 1. The average molecular weight is 383 g/mol. The number of halogens is 3. The first-order chi connectivity index (χ1) is 8.84.